The van der Waals surface area contributed by atoms with Gasteiger partial charge in [-0.1, -0.05) is 0 Å². The largest absolute Gasteiger partial charge is 0.355 e. The maximum Gasteiger partial charge on any atom is 0.253 e. The van der Waals surface area contributed by atoms with Gasteiger partial charge in [0.25, 0.3) is 5.91 Å². The number of piperidine rings is 1. The van der Waals surface area contributed by atoms with E-state index >= 15 is 0 Å². The number of rotatable bonds is 3. The third-order valence-electron chi connectivity index (χ3n) is 3.81. The van der Waals surface area contributed by atoms with Gasteiger partial charge >= 0.3 is 0 Å². The predicted molar refractivity (Wildman–Crippen MR) is 88.0 cm³/mol. The zero-order valence-electron chi connectivity index (χ0n) is 12.3. The second-order valence-corrected chi connectivity index (χ2v) is 6.45. The minimum absolute atomic E-state index is 0.0668. The van der Waals surface area contributed by atoms with Gasteiger partial charge < -0.3 is 10.2 Å². The van der Waals surface area contributed by atoms with E-state index in [2.05, 4.69) is 41.3 Å². The fourth-order valence-corrected chi connectivity index (χ4v) is 2.99. The third kappa shape index (κ3) is 3.47. The summed E-state index contributed by atoms with van der Waals surface area (Å²) in [4.78, 5) is 18.5. The van der Waals surface area contributed by atoms with Crippen molar-refractivity contribution in [2.24, 2.45) is 0 Å². The first kappa shape index (κ1) is 15.0. The fourth-order valence-electron chi connectivity index (χ4n) is 2.62. The molecule has 1 aliphatic rings. The SMILES string of the molecule is Cc1cc(N2CCC(NC(=O)c3cncc(Br)c3)CC2)n[nH]1. The maximum absolute atomic E-state index is 12.2. The molecule has 1 fully saturated rings. The standard InChI is InChI=1S/C15H18BrN5O/c1-10-6-14(20-19-10)21-4-2-13(3-5-21)18-15(22)11-7-12(16)9-17-8-11/h6-9,13H,2-5H2,1H3,(H,18,22)(H,19,20). The van der Waals surface area contributed by atoms with Crippen molar-refractivity contribution in [2.75, 3.05) is 18.0 Å². The first-order chi connectivity index (χ1) is 10.6. The number of halogens is 1. The number of nitrogens with zero attached hydrogens (tertiary/aromatic N) is 3. The molecule has 2 N–H and O–H groups in total. The summed E-state index contributed by atoms with van der Waals surface area (Å²) >= 11 is 3.33. The predicted octanol–water partition coefficient (Wildman–Crippen LogP) is 2.27. The van der Waals surface area contributed by atoms with Crippen LogP contribution in [0.25, 0.3) is 0 Å². The van der Waals surface area contributed by atoms with E-state index in [1.807, 2.05) is 13.0 Å². The van der Waals surface area contributed by atoms with Crippen LogP contribution in [0.4, 0.5) is 5.82 Å². The second kappa shape index (κ2) is 6.48. The van der Waals surface area contributed by atoms with Gasteiger partial charge in [-0.15, -0.1) is 0 Å². The molecule has 0 spiro atoms. The highest BCUT2D eigenvalue weighted by Gasteiger charge is 2.22. The van der Waals surface area contributed by atoms with E-state index in [9.17, 15) is 4.79 Å². The number of carbonyl (C=O) groups is 1. The van der Waals surface area contributed by atoms with E-state index in [-0.39, 0.29) is 11.9 Å². The Balaban J connectivity index is 1.54. The van der Waals surface area contributed by atoms with Gasteiger partial charge in [0.15, 0.2) is 5.82 Å². The molecule has 1 amide bonds. The van der Waals surface area contributed by atoms with Crippen molar-refractivity contribution in [3.8, 4) is 0 Å². The average molecular weight is 364 g/mol. The lowest BCUT2D eigenvalue weighted by molar-refractivity contribution is 0.0930. The maximum atomic E-state index is 12.2. The Hall–Kier alpha value is -1.89. The van der Waals surface area contributed by atoms with Crippen LogP contribution in [0.2, 0.25) is 0 Å². The van der Waals surface area contributed by atoms with Gasteiger partial charge in [-0.25, -0.2) is 0 Å². The van der Waals surface area contributed by atoms with Gasteiger partial charge in [0.2, 0.25) is 0 Å². The highest BCUT2D eigenvalue weighted by atomic mass is 79.9. The lowest BCUT2D eigenvalue weighted by atomic mass is 10.0. The smallest absolute Gasteiger partial charge is 0.253 e. The number of aromatic amines is 1. The van der Waals surface area contributed by atoms with Gasteiger partial charge in [-0.3, -0.25) is 14.9 Å². The van der Waals surface area contributed by atoms with Crippen molar-refractivity contribution in [1.82, 2.24) is 20.5 Å². The van der Waals surface area contributed by atoms with Crippen LogP contribution in [0.3, 0.4) is 0 Å². The summed E-state index contributed by atoms with van der Waals surface area (Å²) < 4.78 is 0.809. The van der Waals surface area contributed by atoms with Gasteiger partial charge in [0.1, 0.15) is 0 Å². The van der Waals surface area contributed by atoms with E-state index < -0.39 is 0 Å². The molecule has 0 saturated carbocycles. The zero-order valence-corrected chi connectivity index (χ0v) is 13.9. The quantitative estimate of drug-likeness (QED) is 0.877. The van der Waals surface area contributed by atoms with Gasteiger partial charge in [-0.05, 0) is 41.8 Å². The van der Waals surface area contributed by atoms with E-state index in [4.69, 9.17) is 0 Å². The number of nitrogens with one attached hydrogen (secondary N) is 2. The molecular formula is C15H18BrN5O. The van der Waals surface area contributed by atoms with Crippen LogP contribution in [0.1, 0.15) is 28.9 Å². The number of pyridine rings is 1. The summed E-state index contributed by atoms with van der Waals surface area (Å²) in [6.45, 7) is 3.79. The average Bonchev–Trinajstić information content (AvgIpc) is 2.94. The van der Waals surface area contributed by atoms with Crippen LogP contribution in [-0.2, 0) is 0 Å². The molecule has 0 aliphatic carbocycles. The normalized spacial score (nSPS) is 15.8. The summed E-state index contributed by atoms with van der Waals surface area (Å²) in [5.41, 5.74) is 1.65. The van der Waals surface area contributed by atoms with Gasteiger partial charge in [-0.2, -0.15) is 5.10 Å². The molecule has 0 aromatic carbocycles. The van der Waals surface area contributed by atoms with Crippen LogP contribution in [0.15, 0.2) is 29.0 Å². The highest BCUT2D eigenvalue weighted by molar-refractivity contribution is 9.10. The van der Waals surface area contributed by atoms with Crippen molar-refractivity contribution in [3.63, 3.8) is 0 Å². The molecule has 2 aromatic heterocycles. The first-order valence-corrected chi connectivity index (χ1v) is 8.09. The Bertz CT molecular complexity index is 663. The Kier molecular flexibility index (Phi) is 4.42. The van der Waals surface area contributed by atoms with E-state index in [1.54, 1.807) is 18.5 Å². The Labute approximate surface area is 137 Å². The van der Waals surface area contributed by atoms with Crippen molar-refractivity contribution in [3.05, 3.63) is 40.3 Å². The number of hydrogen-bond acceptors (Lipinski definition) is 4. The number of hydrogen-bond donors (Lipinski definition) is 2. The zero-order chi connectivity index (χ0) is 15.5. The van der Waals surface area contributed by atoms with Crippen LogP contribution >= 0.6 is 15.9 Å². The van der Waals surface area contributed by atoms with Gasteiger partial charge in [0.05, 0.1) is 5.56 Å². The molecule has 7 heteroatoms. The van der Waals surface area contributed by atoms with Gasteiger partial charge in [0, 0.05) is 47.8 Å². The molecule has 22 heavy (non-hydrogen) atoms. The molecule has 6 nitrogen and oxygen atoms in total. The number of carbonyl (C=O) groups excluding carboxylic acids is 1. The van der Waals surface area contributed by atoms with Crippen LogP contribution in [0.5, 0.6) is 0 Å². The molecule has 116 valence electrons. The van der Waals surface area contributed by atoms with Crippen LogP contribution in [-0.4, -0.2) is 40.2 Å². The molecular weight excluding hydrogens is 346 g/mol. The minimum Gasteiger partial charge on any atom is -0.355 e. The van der Waals surface area contributed by atoms with E-state index in [0.29, 0.717) is 5.56 Å². The fraction of sp³-hybridized carbons (Fsp3) is 0.400. The summed E-state index contributed by atoms with van der Waals surface area (Å²) in [6.07, 6.45) is 5.08. The molecule has 2 aromatic rings. The van der Waals surface area contributed by atoms with E-state index in [0.717, 1.165) is 41.9 Å². The van der Waals surface area contributed by atoms with E-state index in [1.165, 1.54) is 0 Å². The highest BCUT2D eigenvalue weighted by Crippen LogP contribution is 2.19. The summed E-state index contributed by atoms with van der Waals surface area (Å²) in [6, 6.07) is 4.03. The number of aromatic nitrogens is 3. The Morgan fingerprint density at radius 2 is 2.14 bits per heavy atom. The summed E-state index contributed by atoms with van der Waals surface area (Å²) in [5, 5.41) is 10.3. The molecule has 1 saturated heterocycles. The molecule has 0 radical (unpaired) electrons. The van der Waals surface area contributed by atoms with Crippen molar-refractivity contribution in [2.45, 2.75) is 25.8 Å². The second-order valence-electron chi connectivity index (χ2n) is 5.54. The minimum atomic E-state index is -0.0668. The molecule has 1 aliphatic heterocycles. The molecule has 3 rings (SSSR count). The lowest BCUT2D eigenvalue weighted by Gasteiger charge is -2.32. The molecule has 0 unspecified atom stereocenters. The lowest BCUT2D eigenvalue weighted by Crippen LogP contribution is -2.44. The third-order valence-corrected chi connectivity index (χ3v) is 4.25. The monoisotopic (exact) mass is 363 g/mol. The molecule has 0 atom stereocenters. The summed E-state index contributed by atoms with van der Waals surface area (Å²) in [5.74, 6) is 0.918. The molecule has 0 bridgehead atoms. The topological polar surface area (TPSA) is 73.9 Å². The number of amides is 1. The first-order valence-electron chi connectivity index (χ1n) is 7.30. The van der Waals surface area contributed by atoms with Crippen molar-refractivity contribution >= 4 is 27.7 Å². The van der Waals surface area contributed by atoms with Crippen LogP contribution in [0, 0.1) is 6.92 Å². The number of H-pyrrole nitrogens is 1. The number of aryl methyl sites for hydroxylation is 1. The Morgan fingerprint density at radius 3 is 2.77 bits per heavy atom. The summed E-state index contributed by atoms with van der Waals surface area (Å²) in [7, 11) is 0. The Morgan fingerprint density at radius 1 is 1.36 bits per heavy atom. The van der Waals surface area contributed by atoms with Crippen molar-refractivity contribution in [1.29, 1.82) is 0 Å². The molecule has 3 heterocycles. The van der Waals surface area contributed by atoms with Crippen molar-refractivity contribution < 1.29 is 4.79 Å². The number of anilines is 1. The van der Waals surface area contributed by atoms with Crippen LogP contribution < -0.4 is 10.2 Å².